The van der Waals surface area contributed by atoms with E-state index < -0.39 is 0 Å². The van der Waals surface area contributed by atoms with Crippen molar-refractivity contribution in [1.29, 1.82) is 0 Å². The van der Waals surface area contributed by atoms with Crippen molar-refractivity contribution in [2.75, 3.05) is 0 Å². The molecule has 19 heavy (non-hydrogen) atoms. The molecule has 0 bridgehead atoms. The number of benzene rings is 1. The molecule has 0 amide bonds. The Kier molecular flexibility index (Phi) is 3.49. The van der Waals surface area contributed by atoms with Crippen LogP contribution in [-0.2, 0) is 6.42 Å². The maximum absolute atomic E-state index is 11.7. The van der Waals surface area contributed by atoms with Crippen LogP contribution in [0.1, 0.15) is 31.4 Å². The molecule has 2 aromatic rings. The third-order valence-electron chi connectivity index (χ3n) is 3.89. The molecule has 3 rings (SSSR count). The zero-order valence-electron chi connectivity index (χ0n) is 11.0. The van der Waals surface area contributed by atoms with Crippen LogP contribution in [-0.4, -0.2) is 0 Å². The molecule has 0 saturated heterocycles. The quantitative estimate of drug-likeness (QED) is 0.827. The molecule has 0 N–H and O–H groups in total. The number of rotatable bonds is 3. The minimum Gasteiger partial charge on any atom is -0.428 e. The highest BCUT2D eigenvalue weighted by molar-refractivity contribution is 5.62. The minimum absolute atomic E-state index is 0.241. The average molecular weight is 254 g/mol. The van der Waals surface area contributed by atoms with E-state index in [9.17, 15) is 4.79 Å². The summed E-state index contributed by atoms with van der Waals surface area (Å²) in [5, 5.41) is 0. The molecule has 0 aliphatic heterocycles. The smallest absolute Gasteiger partial charge is 0.336 e. The molecule has 0 atom stereocenters. The maximum Gasteiger partial charge on any atom is 0.336 e. The first-order chi connectivity index (χ1) is 9.31. The van der Waals surface area contributed by atoms with Gasteiger partial charge in [0.2, 0.25) is 0 Å². The van der Waals surface area contributed by atoms with Crippen LogP contribution in [0.25, 0.3) is 11.1 Å². The predicted molar refractivity (Wildman–Crippen MR) is 76.1 cm³/mol. The largest absolute Gasteiger partial charge is 0.428 e. The fraction of sp³-hybridized carbons (Fsp3) is 0.353. The van der Waals surface area contributed by atoms with Crippen molar-refractivity contribution in [1.82, 2.24) is 0 Å². The van der Waals surface area contributed by atoms with Gasteiger partial charge in [0, 0.05) is 12.5 Å². The van der Waals surface area contributed by atoms with E-state index in [0.717, 1.165) is 23.3 Å². The van der Waals surface area contributed by atoms with Gasteiger partial charge in [0.15, 0.2) is 0 Å². The third-order valence-corrected chi connectivity index (χ3v) is 3.89. The maximum atomic E-state index is 11.7. The lowest BCUT2D eigenvalue weighted by molar-refractivity contribution is 0.413. The predicted octanol–water partition coefficient (Wildman–Crippen LogP) is 4.04. The van der Waals surface area contributed by atoms with E-state index >= 15 is 0 Å². The molecule has 0 spiro atoms. The fourth-order valence-corrected chi connectivity index (χ4v) is 2.93. The first kappa shape index (κ1) is 12.2. The zero-order valence-corrected chi connectivity index (χ0v) is 11.0. The van der Waals surface area contributed by atoms with Gasteiger partial charge >= 0.3 is 5.63 Å². The summed E-state index contributed by atoms with van der Waals surface area (Å²) in [5.41, 5.74) is 1.79. The van der Waals surface area contributed by atoms with Crippen molar-refractivity contribution >= 4 is 0 Å². The van der Waals surface area contributed by atoms with Crippen LogP contribution in [0, 0.1) is 5.92 Å². The van der Waals surface area contributed by atoms with Gasteiger partial charge in [-0.25, -0.2) is 4.79 Å². The SMILES string of the molecule is O=c1cc(-c2ccccc2)cc(CC2CCCC2)o1. The Hall–Kier alpha value is -1.83. The van der Waals surface area contributed by atoms with Crippen molar-refractivity contribution in [3.05, 3.63) is 58.6 Å². The second-order valence-corrected chi connectivity index (χ2v) is 5.35. The van der Waals surface area contributed by atoms with Crippen LogP contribution in [0.4, 0.5) is 0 Å². The second-order valence-electron chi connectivity index (χ2n) is 5.35. The lowest BCUT2D eigenvalue weighted by atomic mass is 10.00. The summed E-state index contributed by atoms with van der Waals surface area (Å²) in [6.45, 7) is 0. The van der Waals surface area contributed by atoms with Crippen molar-refractivity contribution < 1.29 is 4.42 Å². The van der Waals surface area contributed by atoms with Gasteiger partial charge in [0.1, 0.15) is 5.76 Å². The van der Waals surface area contributed by atoms with E-state index in [2.05, 4.69) is 0 Å². The third kappa shape index (κ3) is 2.95. The molecule has 1 saturated carbocycles. The fourth-order valence-electron chi connectivity index (χ4n) is 2.93. The highest BCUT2D eigenvalue weighted by atomic mass is 16.4. The summed E-state index contributed by atoms with van der Waals surface area (Å²) in [6.07, 6.45) is 6.05. The molecule has 1 aromatic heterocycles. The van der Waals surface area contributed by atoms with Crippen molar-refractivity contribution in [2.45, 2.75) is 32.1 Å². The summed E-state index contributed by atoms with van der Waals surface area (Å²) in [4.78, 5) is 11.7. The monoisotopic (exact) mass is 254 g/mol. The lowest BCUT2D eigenvalue weighted by Crippen LogP contribution is -2.05. The molecule has 98 valence electrons. The molecule has 1 aromatic carbocycles. The van der Waals surface area contributed by atoms with E-state index in [1.807, 2.05) is 36.4 Å². The van der Waals surface area contributed by atoms with E-state index in [4.69, 9.17) is 4.42 Å². The van der Waals surface area contributed by atoms with Crippen molar-refractivity contribution in [3.8, 4) is 11.1 Å². The zero-order chi connectivity index (χ0) is 13.1. The Balaban J connectivity index is 1.89. The summed E-state index contributed by atoms with van der Waals surface area (Å²) in [6, 6.07) is 13.6. The van der Waals surface area contributed by atoms with E-state index in [0.29, 0.717) is 5.92 Å². The molecule has 2 heteroatoms. The van der Waals surface area contributed by atoms with Gasteiger partial charge in [-0.05, 0) is 23.1 Å². The van der Waals surface area contributed by atoms with Gasteiger partial charge in [-0.15, -0.1) is 0 Å². The molecule has 0 radical (unpaired) electrons. The Morgan fingerprint density at radius 2 is 1.74 bits per heavy atom. The van der Waals surface area contributed by atoms with Gasteiger partial charge in [-0.3, -0.25) is 0 Å². The van der Waals surface area contributed by atoms with Crippen LogP contribution in [0.5, 0.6) is 0 Å². The first-order valence-electron chi connectivity index (χ1n) is 7.01. The standard InChI is InChI=1S/C17H18O2/c18-17-12-15(14-8-2-1-3-9-14)11-16(19-17)10-13-6-4-5-7-13/h1-3,8-9,11-13H,4-7,10H2. The summed E-state index contributed by atoms with van der Waals surface area (Å²) < 4.78 is 5.35. The van der Waals surface area contributed by atoms with Gasteiger partial charge in [0.05, 0.1) is 0 Å². The van der Waals surface area contributed by atoms with Gasteiger partial charge in [-0.2, -0.15) is 0 Å². The number of hydrogen-bond donors (Lipinski definition) is 0. The van der Waals surface area contributed by atoms with E-state index in [-0.39, 0.29) is 5.63 Å². The minimum atomic E-state index is -0.241. The Bertz CT molecular complexity index is 592. The topological polar surface area (TPSA) is 30.2 Å². The highest BCUT2D eigenvalue weighted by Crippen LogP contribution is 2.28. The Morgan fingerprint density at radius 3 is 2.47 bits per heavy atom. The van der Waals surface area contributed by atoms with Crippen LogP contribution in [0.2, 0.25) is 0 Å². The molecule has 1 aliphatic rings. The van der Waals surface area contributed by atoms with E-state index in [1.54, 1.807) is 6.07 Å². The van der Waals surface area contributed by atoms with Gasteiger partial charge < -0.3 is 4.42 Å². The molecular weight excluding hydrogens is 236 g/mol. The first-order valence-corrected chi connectivity index (χ1v) is 7.01. The van der Waals surface area contributed by atoms with Crippen molar-refractivity contribution in [2.24, 2.45) is 5.92 Å². The summed E-state index contributed by atoms with van der Waals surface area (Å²) >= 11 is 0. The summed E-state index contributed by atoms with van der Waals surface area (Å²) in [7, 11) is 0. The second kappa shape index (κ2) is 5.43. The van der Waals surface area contributed by atoms with Gasteiger partial charge in [-0.1, -0.05) is 56.0 Å². The molecule has 2 nitrogen and oxygen atoms in total. The Morgan fingerprint density at radius 1 is 1.00 bits per heavy atom. The normalized spacial score (nSPS) is 15.8. The molecule has 0 unspecified atom stereocenters. The van der Waals surface area contributed by atoms with Crippen molar-refractivity contribution in [3.63, 3.8) is 0 Å². The van der Waals surface area contributed by atoms with Crippen LogP contribution < -0.4 is 5.63 Å². The molecular formula is C17H18O2. The lowest BCUT2D eigenvalue weighted by Gasteiger charge is -2.08. The van der Waals surface area contributed by atoms with Gasteiger partial charge in [0.25, 0.3) is 0 Å². The van der Waals surface area contributed by atoms with Crippen LogP contribution in [0.15, 0.2) is 51.7 Å². The summed E-state index contributed by atoms with van der Waals surface area (Å²) in [5.74, 6) is 1.52. The highest BCUT2D eigenvalue weighted by Gasteiger charge is 2.17. The number of hydrogen-bond acceptors (Lipinski definition) is 2. The van der Waals surface area contributed by atoms with Crippen LogP contribution >= 0.6 is 0 Å². The van der Waals surface area contributed by atoms with E-state index in [1.165, 1.54) is 25.7 Å². The van der Waals surface area contributed by atoms with Crippen LogP contribution in [0.3, 0.4) is 0 Å². The average Bonchev–Trinajstić information content (AvgIpc) is 2.92. The molecule has 1 aliphatic carbocycles. The Labute approximate surface area is 113 Å². The molecule has 1 fully saturated rings. The molecule has 1 heterocycles.